The first kappa shape index (κ1) is 35.4. The zero-order chi connectivity index (χ0) is 27.5. The number of carbonyl (C=O) groups is 3. The predicted molar refractivity (Wildman–Crippen MR) is 152 cm³/mol. The van der Waals surface area contributed by atoms with Gasteiger partial charge in [0.25, 0.3) is 0 Å². The number of carbonyl (C=O) groups excluding carboxylic acids is 3. The predicted octanol–water partition coefficient (Wildman–Crippen LogP) is 5.35. The smallest absolute Gasteiger partial charge is 0.466 e. The minimum atomic E-state index is -0.0252. The van der Waals surface area contributed by atoms with Crippen molar-refractivity contribution in [2.75, 3.05) is 16.0 Å². The molecule has 1 aliphatic rings. The van der Waals surface area contributed by atoms with Crippen LogP contribution in [0.25, 0.3) is 0 Å². The Morgan fingerprint density at radius 2 is 1.34 bits per heavy atom. The summed E-state index contributed by atoms with van der Waals surface area (Å²) in [5, 5.41) is 0. The van der Waals surface area contributed by atoms with E-state index in [0.717, 1.165) is 89.3 Å². The standard InChI is InChI=1S/C32H58IO5/c1-33-26-17-25-32(36)38-30(22-11-7-3-2-6-10-16-27-34)23-12-8-4-5-9-13-24-31(35)37-28-18-21-29-19-14-15-20-29/h27,29-30H,2-26,28H2,1H3/q-1. The fraction of sp³-hybridized carbons (Fsp3) is 0.906. The second-order valence-corrected chi connectivity index (χ2v) is 13.8. The Labute approximate surface area is 244 Å². The Balaban J connectivity index is 2.07. The van der Waals surface area contributed by atoms with Crippen LogP contribution in [0.2, 0.25) is 0 Å². The summed E-state index contributed by atoms with van der Waals surface area (Å²) in [6.45, 7) is 0.600. The number of unbranched alkanes of at least 4 members (excludes halogenated alkanes) is 11. The Morgan fingerprint density at radius 1 is 0.763 bits per heavy atom. The van der Waals surface area contributed by atoms with E-state index in [1.54, 1.807) is 0 Å². The van der Waals surface area contributed by atoms with Gasteiger partial charge in [-0.3, -0.25) is 4.79 Å². The second kappa shape index (κ2) is 26.6. The van der Waals surface area contributed by atoms with Gasteiger partial charge in [0.15, 0.2) is 0 Å². The van der Waals surface area contributed by atoms with Crippen molar-refractivity contribution in [3.8, 4) is 0 Å². The van der Waals surface area contributed by atoms with Crippen LogP contribution in [0.5, 0.6) is 0 Å². The average Bonchev–Trinajstić information content (AvgIpc) is 3.43. The molecule has 0 saturated heterocycles. The molecule has 38 heavy (non-hydrogen) atoms. The summed E-state index contributed by atoms with van der Waals surface area (Å²) in [5.74, 6) is 0.841. The third-order valence-corrected chi connectivity index (χ3v) is 9.59. The molecule has 0 spiro atoms. The number of rotatable bonds is 27. The van der Waals surface area contributed by atoms with E-state index in [0.29, 0.717) is 25.9 Å². The Kier molecular flexibility index (Phi) is 24.7. The zero-order valence-electron chi connectivity index (χ0n) is 24.5. The molecule has 1 saturated carbocycles. The van der Waals surface area contributed by atoms with Gasteiger partial charge in [0, 0.05) is 12.8 Å². The fourth-order valence-corrected chi connectivity index (χ4v) is 6.58. The van der Waals surface area contributed by atoms with Crippen LogP contribution in [0.3, 0.4) is 0 Å². The molecule has 0 aromatic carbocycles. The molecule has 1 fully saturated rings. The van der Waals surface area contributed by atoms with Gasteiger partial charge in [0.05, 0.1) is 6.61 Å². The van der Waals surface area contributed by atoms with E-state index in [1.807, 2.05) is 0 Å². The number of hydrogen-bond acceptors (Lipinski definition) is 5. The minimum Gasteiger partial charge on any atom is -0.466 e. The van der Waals surface area contributed by atoms with Crippen LogP contribution in [0.4, 0.5) is 0 Å². The SMILES string of the molecule is C[I-]CCCC(=O)OC(CCCCCCCCC=O)CCCCCCCCC(=O)OCCCC1CCCC1. The first-order valence-electron chi connectivity index (χ1n) is 15.9. The first-order valence-corrected chi connectivity index (χ1v) is 19.6. The number of aldehydes is 1. The topological polar surface area (TPSA) is 69.7 Å². The van der Waals surface area contributed by atoms with Crippen molar-refractivity contribution in [2.45, 2.75) is 160 Å². The van der Waals surface area contributed by atoms with Crippen LogP contribution < -0.4 is 21.2 Å². The summed E-state index contributed by atoms with van der Waals surface area (Å²) in [6, 6.07) is 0. The summed E-state index contributed by atoms with van der Waals surface area (Å²) in [7, 11) is 0. The van der Waals surface area contributed by atoms with Gasteiger partial charge >= 0.3 is 148 Å². The van der Waals surface area contributed by atoms with E-state index in [9.17, 15) is 14.4 Å². The average molecular weight is 650 g/mol. The maximum atomic E-state index is 12.3. The van der Waals surface area contributed by atoms with Crippen molar-refractivity contribution in [3.63, 3.8) is 0 Å². The van der Waals surface area contributed by atoms with Crippen molar-refractivity contribution >= 4 is 18.2 Å². The zero-order valence-corrected chi connectivity index (χ0v) is 26.7. The molecule has 1 atom stereocenters. The van der Waals surface area contributed by atoms with Gasteiger partial charge in [-0.2, -0.15) is 0 Å². The van der Waals surface area contributed by atoms with Gasteiger partial charge < -0.3 is 9.53 Å². The van der Waals surface area contributed by atoms with Crippen LogP contribution in [-0.2, 0) is 23.9 Å². The molecule has 6 heteroatoms. The number of halogens is 1. The van der Waals surface area contributed by atoms with Gasteiger partial charge in [-0.05, 0) is 31.6 Å². The summed E-state index contributed by atoms with van der Waals surface area (Å²) in [5.41, 5.74) is 0. The number of alkyl halides is 2. The van der Waals surface area contributed by atoms with Gasteiger partial charge in [0.1, 0.15) is 6.29 Å². The maximum absolute atomic E-state index is 12.3. The summed E-state index contributed by atoms with van der Waals surface area (Å²) in [4.78, 5) is 36.9. The molecule has 0 aromatic heterocycles. The number of esters is 2. The molecule has 1 rings (SSSR count). The number of hydrogen-bond donors (Lipinski definition) is 0. The number of ether oxygens (including phenoxy) is 2. The Hall–Kier alpha value is -0.660. The molecule has 0 N–H and O–H groups in total. The van der Waals surface area contributed by atoms with Gasteiger partial charge in [-0.1, -0.05) is 25.7 Å². The molecular formula is C32H58IO5-. The molecule has 0 amide bonds. The van der Waals surface area contributed by atoms with Crippen molar-refractivity contribution in [1.29, 1.82) is 0 Å². The monoisotopic (exact) mass is 649 g/mol. The van der Waals surface area contributed by atoms with Crippen LogP contribution in [-0.4, -0.2) is 40.3 Å². The molecular weight excluding hydrogens is 591 g/mol. The molecule has 0 aromatic rings. The third kappa shape index (κ3) is 22.2. The van der Waals surface area contributed by atoms with E-state index in [4.69, 9.17) is 9.47 Å². The molecule has 1 unspecified atom stereocenters. The molecule has 0 aliphatic heterocycles. The van der Waals surface area contributed by atoms with Crippen LogP contribution in [0, 0.1) is 5.92 Å². The molecule has 224 valence electrons. The van der Waals surface area contributed by atoms with Crippen molar-refractivity contribution < 1.29 is 45.1 Å². The molecule has 0 bridgehead atoms. The third-order valence-electron chi connectivity index (χ3n) is 7.75. The summed E-state index contributed by atoms with van der Waals surface area (Å²) < 4.78 is 12.5. The molecule has 0 radical (unpaired) electrons. The molecule has 1 aliphatic carbocycles. The van der Waals surface area contributed by atoms with Gasteiger partial charge in [-0.25, -0.2) is 0 Å². The van der Waals surface area contributed by atoms with E-state index >= 15 is 0 Å². The van der Waals surface area contributed by atoms with E-state index in [1.165, 1.54) is 62.2 Å². The summed E-state index contributed by atoms with van der Waals surface area (Å²) in [6.07, 6.45) is 27.0. The normalized spacial score (nSPS) is 14.6. The van der Waals surface area contributed by atoms with Gasteiger partial charge in [0.2, 0.25) is 0 Å². The van der Waals surface area contributed by atoms with E-state index in [2.05, 4.69) is 4.93 Å². The second-order valence-electron chi connectivity index (χ2n) is 11.2. The Morgan fingerprint density at radius 3 is 1.97 bits per heavy atom. The van der Waals surface area contributed by atoms with Crippen LogP contribution >= 0.6 is 0 Å². The molecule has 0 heterocycles. The Bertz CT molecular complexity index is 576. The van der Waals surface area contributed by atoms with E-state index in [-0.39, 0.29) is 39.2 Å². The van der Waals surface area contributed by atoms with Crippen LogP contribution in [0.15, 0.2) is 0 Å². The van der Waals surface area contributed by atoms with E-state index < -0.39 is 0 Å². The van der Waals surface area contributed by atoms with Crippen molar-refractivity contribution in [2.24, 2.45) is 5.92 Å². The van der Waals surface area contributed by atoms with Crippen molar-refractivity contribution in [3.05, 3.63) is 0 Å². The minimum absolute atomic E-state index is 0.00764. The molecule has 5 nitrogen and oxygen atoms in total. The van der Waals surface area contributed by atoms with Crippen LogP contribution in [0.1, 0.15) is 154 Å². The quantitative estimate of drug-likeness (QED) is 0.0395. The van der Waals surface area contributed by atoms with Crippen molar-refractivity contribution in [1.82, 2.24) is 0 Å². The first-order chi connectivity index (χ1) is 18.7. The fourth-order valence-electron chi connectivity index (χ4n) is 5.44. The summed E-state index contributed by atoms with van der Waals surface area (Å²) >= 11 is 0.252. The van der Waals surface area contributed by atoms with Gasteiger partial charge in [-0.15, -0.1) is 0 Å².